The molecule has 102 valence electrons. The molecule has 1 heterocycles. The molecule has 0 spiro atoms. The van der Waals surface area contributed by atoms with Crippen LogP contribution >= 0.6 is 0 Å². The zero-order valence-corrected chi connectivity index (χ0v) is 11.4. The van der Waals surface area contributed by atoms with Gasteiger partial charge in [-0.1, -0.05) is 6.42 Å². The van der Waals surface area contributed by atoms with Gasteiger partial charge in [0.05, 0.1) is 11.7 Å². The molecule has 3 N–H and O–H groups in total. The van der Waals surface area contributed by atoms with E-state index < -0.39 is 0 Å². The maximum atomic E-state index is 6.25. The van der Waals surface area contributed by atoms with E-state index in [9.17, 15) is 0 Å². The van der Waals surface area contributed by atoms with Crippen LogP contribution < -0.4 is 10.5 Å². The van der Waals surface area contributed by atoms with E-state index in [1.54, 1.807) is 0 Å². The molecule has 1 aromatic heterocycles. The summed E-state index contributed by atoms with van der Waals surface area (Å²) in [6.45, 7) is 2.81. The third-order valence-corrected chi connectivity index (χ3v) is 4.26. The van der Waals surface area contributed by atoms with Gasteiger partial charge in [-0.3, -0.25) is 5.10 Å². The summed E-state index contributed by atoms with van der Waals surface area (Å²) < 4.78 is 6.25. The molecule has 0 unspecified atom stereocenters. The second-order valence-corrected chi connectivity index (χ2v) is 5.46. The first-order chi connectivity index (χ1) is 9.29. The first kappa shape index (κ1) is 12.5. The fraction of sp³-hybridized carbons (Fsp3) is 0.533. The van der Waals surface area contributed by atoms with Crippen LogP contribution in [-0.2, 0) is 0 Å². The maximum Gasteiger partial charge on any atom is 0.123 e. The predicted octanol–water partition coefficient (Wildman–Crippen LogP) is 2.77. The number of nitrogens with one attached hydrogen (secondary N) is 1. The Balaban J connectivity index is 1.85. The molecule has 2 aromatic rings. The van der Waals surface area contributed by atoms with Crippen LogP contribution in [0.15, 0.2) is 18.3 Å². The number of aromatic nitrogens is 2. The fourth-order valence-electron chi connectivity index (χ4n) is 3.03. The van der Waals surface area contributed by atoms with E-state index >= 15 is 0 Å². The van der Waals surface area contributed by atoms with Gasteiger partial charge in [0, 0.05) is 16.9 Å². The molecular weight excluding hydrogens is 238 g/mol. The molecule has 0 amide bonds. The Kier molecular flexibility index (Phi) is 3.42. The van der Waals surface area contributed by atoms with Crippen molar-refractivity contribution in [3.63, 3.8) is 0 Å². The smallest absolute Gasteiger partial charge is 0.123 e. The van der Waals surface area contributed by atoms with Crippen LogP contribution in [0.5, 0.6) is 5.75 Å². The van der Waals surface area contributed by atoms with Gasteiger partial charge in [0.1, 0.15) is 11.9 Å². The third-order valence-electron chi connectivity index (χ3n) is 4.26. The molecule has 1 aliphatic rings. The molecule has 0 aliphatic heterocycles. The highest BCUT2D eigenvalue weighted by Crippen LogP contribution is 2.31. The van der Waals surface area contributed by atoms with Gasteiger partial charge in [0.15, 0.2) is 0 Å². The molecule has 19 heavy (non-hydrogen) atoms. The second kappa shape index (κ2) is 5.21. The van der Waals surface area contributed by atoms with E-state index in [1.165, 1.54) is 19.3 Å². The van der Waals surface area contributed by atoms with Crippen LogP contribution in [0, 0.1) is 12.8 Å². The van der Waals surface area contributed by atoms with Crippen molar-refractivity contribution < 1.29 is 4.74 Å². The standard InChI is InChI=1S/C15H21N3O/c1-10-12-9-17-18-13(12)6-7-14(10)19-15-5-3-2-4-11(15)8-16/h6-7,9,11,15H,2-5,8,16H2,1H3,(H,17,18)/t11-,15-/m0/s1. The van der Waals surface area contributed by atoms with E-state index in [0.29, 0.717) is 5.92 Å². The van der Waals surface area contributed by atoms with Crippen LogP contribution in [0.1, 0.15) is 31.2 Å². The molecule has 1 aromatic carbocycles. The lowest BCUT2D eigenvalue weighted by molar-refractivity contribution is 0.0965. The lowest BCUT2D eigenvalue weighted by atomic mass is 9.86. The zero-order valence-electron chi connectivity index (χ0n) is 11.4. The number of rotatable bonds is 3. The van der Waals surface area contributed by atoms with Crippen molar-refractivity contribution in [3.8, 4) is 5.75 Å². The van der Waals surface area contributed by atoms with Crippen LogP contribution in [0.25, 0.3) is 10.9 Å². The summed E-state index contributed by atoms with van der Waals surface area (Å²) in [6.07, 6.45) is 6.95. The normalized spacial score (nSPS) is 23.7. The van der Waals surface area contributed by atoms with Crippen molar-refractivity contribution in [1.29, 1.82) is 0 Å². The molecule has 0 bridgehead atoms. The van der Waals surface area contributed by atoms with Crippen molar-refractivity contribution in [2.45, 2.75) is 38.7 Å². The Hall–Kier alpha value is -1.55. The molecular formula is C15H21N3O. The molecule has 4 heteroatoms. The van der Waals surface area contributed by atoms with Crippen LogP contribution in [0.4, 0.5) is 0 Å². The van der Waals surface area contributed by atoms with E-state index in [2.05, 4.69) is 17.1 Å². The van der Waals surface area contributed by atoms with Gasteiger partial charge >= 0.3 is 0 Å². The summed E-state index contributed by atoms with van der Waals surface area (Å²) in [4.78, 5) is 0. The number of hydrogen-bond acceptors (Lipinski definition) is 3. The van der Waals surface area contributed by atoms with Crippen molar-refractivity contribution in [2.24, 2.45) is 11.7 Å². The van der Waals surface area contributed by atoms with Gasteiger partial charge in [-0.25, -0.2) is 0 Å². The number of aryl methyl sites for hydroxylation is 1. The Bertz CT molecular complexity index is 564. The Morgan fingerprint density at radius 1 is 1.37 bits per heavy atom. The SMILES string of the molecule is Cc1c(O[C@H]2CCCC[C@H]2CN)ccc2[nH]ncc12. The molecule has 2 atom stereocenters. The summed E-state index contributed by atoms with van der Waals surface area (Å²) >= 11 is 0. The average molecular weight is 259 g/mol. The number of hydrogen-bond donors (Lipinski definition) is 2. The van der Waals surface area contributed by atoms with E-state index in [0.717, 1.165) is 35.2 Å². The van der Waals surface area contributed by atoms with Crippen LogP contribution in [0.3, 0.4) is 0 Å². The number of aromatic amines is 1. The summed E-state index contributed by atoms with van der Waals surface area (Å²) in [5.41, 5.74) is 8.08. The number of benzene rings is 1. The highest BCUT2D eigenvalue weighted by atomic mass is 16.5. The van der Waals surface area contributed by atoms with Gasteiger partial charge in [-0.15, -0.1) is 0 Å². The van der Waals surface area contributed by atoms with Crippen molar-refractivity contribution in [2.75, 3.05) is 6.54 Å². The Morgan fingerprint density at radius 2 is 2.21 bits per heavy atom. The first-order valence-electron chi connectivity index (χ1n) is 7.09. The number of nitrogens with zero attached hydrogens (tertiary/aromatic N) is 1. The Labute approximate surface area is 113 Å². The number of ether oxygens (including phenoxy) is 1. The number of fused-ring (bicyclic) bond motifs is 1. The van der Waals surface area contributed by atoms with Gasteiger partial charge in [0.25, 0.3) is 0 Å². The van der Waals surface area contributed by atoms with Gasteiger partial charge in [-0.2, -0.15) is 5.10 Å². The molecule has 4 nitrogen and oxygen atoms in total. The lowest BCUT2D eigenvalue weighted by Gasteiger charge is -2.31. The minimum atomic E-state index is 0.266. The highest BCUT2D eigenvalue weighted by molar-refractivity contribution is 5.83. The highest BCUT2D eigenvalue weighted by Gasteiger charge is 2.26. The topological polar surface area (TPSA) is 63.9 Å². The largest absolute Gasteiger partial charge is 0.490 e. The van der Waals surface area contributed by atoms with Gasteiger partial charge < -0.3 is 10.5 Å². The molecule has 1 aliphatic carbocycles. The third kappa shape index (κ3) is 2.32. The monoisotopic (exact) mass is 259 g/mol. The summed E-state index contributed by atoms with van der Waals surface area (Å²) in [5.74, 6) is 1.47. The maximum absolute atomic E-state index is 6.25. The quantitative estimate of drug-likeness (QED) is 0.890. The number of nitrogens with two attached hydrogens (primary N) is 1. The number of H-pyrrole nitrogens is 1. The summed E-state index contributed by atoms with van der Waals surface area (Å²) in [5, 5.41) is 8.20. The van der Waals surface area contributed by atoms with Gasteiger partial charge in [-0.05, 0) is 44.9 Å². The van der Waals surface area contributed by atoms with Crippen LogP contribution in [0.2, 0.25) is 0 Å². The van der Waals surface area contributed by atoms with Gasteiger partial charge in [0.2, 0.25) is 0 Å². The summed E-state index contributed by atoms with van der Waals surface area (Å²) in [6, 6.07) is 4.07. The molecule has 0 saturated heterocycles. The first-order valence-corrected chi connectivity index (χ1v) is 7.09. The predicted molar refractivity (Wildman–Crippen MR) is 76.3 cm³/mol. The second-order valence-electron chi connectivity index (χ2n) is 5.46. The fourth-order valence-corrected chi connectivity index (χ4v) is 3.03. The Morgan fingerprint density at radius 3 is 3.05 bits per heavy atom. The summed E-state index contributed by atoms with van der Waals surface area (Å²) in [7, 11) is 0. The van der Waals surface area contributed by atoms with E-state index in [4.69, 9.17) is 10.5 Å². The molecule has 1 saturated carbocycles. The van der Waals surface area contributed by atoms with Crippen LogP contribution in [-0.4, -0.2) is 22.8 Å². The van der Waals surface area contributed by atoms with Crippen molar-refractivity contribution in [3.05, 3.63) is 23.9 Å². The van der Waals surface area contributed by atoms with Crippen molar-refractivity contribution in [1.82, 2.24) is 10.2 Å². The molecule has 3 rings (SSSR count). The minimum Gasteiger partial charge on any atom is -0.490 e. The average Bonchev–Trinajstić information content (AvgIpc) is 2.92. The van der Waals surface area contributed by atoms with E-state index in [-0.39, 0.29) is 6.10 Å². The van der Waals surface area contributed by atoms with E-state index in [1.807, 2.05) is 18.3 Å². The van der Waals surface area contributed by atoms with Crippen molar-refractivity contribution >= 4 is 10.9 Å². The minimum absolute atomic E-state index is 0.266. The molecule has 1 fully saturated rings. The molecule has 0 radical (unpaired) electrons. The zero-order chi connectivity index (χ0) is 13.2. The lowest BCUT2D eigenvalue weighted by Crippen LogP contribution is -2.35.